The highest BCUT2D eigenvalue weighted by Crippen LogP contribution is 2.32. The van der Waals surface area contributed by atoms with Crippen molar-refractivity contribution in [3.63, 3.8) is 0 Å². The number of pyridine rings is 1. The number of aryl methyl sites for hydroxylation is 1. The van der Waals surface area contributed by atoms with Gasteiger partial charge in [-0.2, -0.15) is 18.3 Å². The fraction of sp³-hybridized carbons (Fsp3) is 0.211. The molecule has 0 atom stereocenters. The van der Waals surface area contributed by atoms with Crippen molar-refractivity contribution in [2.24, 2.45) is 0 Å². The van der Waals surface area contributed by atoms with Crippen LogP contribution in [0.4, 0.5) is 18.9 Å². The first kappa shape index (κ1) is 17.3. The highest BCUT2D eigenvalue weighted by Gasteiger charge is 2.32. The molecule has 5 nitrogen and oxygen atoms in total. The summed E-state index contributed by atoms with van der Waals surface area (Å²) in [5.74, 6) is -0.289. The van der Waals surface area contributed by atoms with Gasteiger partial charge in [0.2, 0.25) is 0 Å². The fourth-order valence-corrected chi connectivity index (χ4v) is 3.21. The Bertz CT molecular complexity index is 1010. The van der Waals surface area contributed by atoms with Crippen molar-refractivity contribution in [2.45, 2.75) is 19.6 Å². The van der Waals surface area contributed by atoms with Crippen molar-refractivity contribution in [1.82, 2.24) is 14.8 Å². The molecule has 0 fully saturated rings. The molecule has 0 aliphatic carbocycles. The van der Waals surface area contributed by atoms with Crippen molar-refractivity contribution >= 4 is 11.6 Å². The predicted octanol–water partition coefficient (Wildman–Crippen LogP) is 3.93. The average molecular weight is 372 g/mol. The molecule has 138 valence electrons. The third kappa shape index (κ3) is 3.07. The van der Waals surface area contributed by atoms with Gasteiger partial charge in [0.25, 0.3) is 5.91 Å². The molecule has 1 aliphatic heterocycles. The molecule has 0 bridgehead atoms. The number of carbonyl (C=O) groups excluding carboxylic acids is 1. The zero-order valence-electron chi connectivity index (χ0n) is 14.4. The number of aromatic nitrogens is 3. The summed E-state index contributed by atoms with van der Waals surface area (Å²) < 4.78 is 39.9. The summed E-state index contributed by atoms with van der Waals surface area (Å²) in [4.78, 5) is 18.7. The van der Waals surface area contributed by atoms with E-state index in [0.717, 1.165) is 23.4 Å². The van der Waals surface area contributed by atoms with Gasteiger partial charge in [-0.05, 0) is 48.9 Å². The van der Waals surface area contributed by atoms with E-state index in [1.807, 2.05) is 13.0 Å². The minimum absolute atomic E-state index is 0.289. The number of fused-ring (bicyclic) bond motifs is 1. The Morgan fingerprint density at radius 2 is 1.81 bits per heavy atom. The summed E-state index contributed by atoms with van der Waals surface area (Å²) in [6.45, 7) is 2.66. The maximum atomic E-state index is 13.1. The molecule has 2 aromatic heterocycles. The van der Waals surface area contributed by atoms with E-state index in [1.54, 1.807) is 23.1 Å². The minimum Gasteiger partial charge on any atom is -0.305 e. The normalized spacial score (nSPS) is 14.4. The highest BCUT2D eigenvalue weighted by molar-refractivity contribution is 6.09. The minimum atomic E-state index is -4.41. The maximum Gasteiger partial charge on any atom is 0.416 e. The average Bonchev–Trinajstić information content (AvgIpc) is 3.06. The third-order valence-corrected chi connectivity index (χ3v) is 4.54. The van der Waals surface area contributed by atoms with Gasteiger partial charge in [0.05, 0.1) is 18.3 Å². The van der Waals surface area contributed by atoms with E-state index < -0.39 is 11.7 Å². The van der Waals surface area contributed by atoms with Crippen LogP contribution in [0.25, 0.3) is 11.1 Å². The summed E-state index contributed by atoms with van der Waals surface area (Å²) in [5.41, 5.74) is 2.43. The molecule has 8 heteroatoms. The predicted molar refractivity (Wildman–Crippen MR) is 93.3 cm³/mol. The van der Waals surface area contributed by atoms with Gasteiger partial charge in [0.1, 0.15) is 5.69 Å². The zero-order chi connectivity index (χ0) is 19.2. The van der Waals surface area contributed by atoms with Crippen LogP contribution in [0.15, 0.2) is 48.8 Å². The number of anilines is 1. The number of benzene rings is 1. The molecule has 3 heterocycles. The lowest BCUT2D eigenvalue weighted by Gasteiger charge is -2.28. The fourth-order valence-electron chi connectivity index (χ4n) is 3.21. The summed E-state index contributed by atoms with van der Waals surface area (Å²) in [6, 6.07) is 8.28. The monoisotopic (exact) mass is 372 g/mol. The Morgan fingerprint density at radius 1 is 1.07 bits per heavy atom. The second-order valence-corrected chi connectivity index (χ2v) is 6.32. The van der Waals surface area contributed by atoms with Crippen molar-refractivity contribution in [2.75, 3.05) is 11.4 Å². The molecule has 0 unspecified atom stereocenters. The number of rotatable bonds is 2. The molecule has 3 aromatic rings. The molecule has 0 radical (unpaired) electrons. The molecule has 0 saturated heterocycles. The summed E-state index contributed by atoms with van der Waals surface area (Å²) >= 11 is 0. The van der Waals surface area contributed by atoms with Crippen LogP contribution >= 0.6 is 0 Å². The van der Waals surface area contributed by atoms with Gasteiger partial charge in [-0.15, -0.1) is 0 Å². The molecular formula is C19H15F3N4O. The first-order valence-electron chi connectivity index (χ1n) is 8.32. The molecule has 1 amide bonds. The standard InChI is InChI=1S/C19H15F3N4O/c1-12-10-13(6-7-23-12)16-11-24-26-9-8-25(18(27)17(16)26)15-4-2-14(3-5-15)19(20,21)22/h2-7,10-11H,8-9H2,1H3. The topological polar surface area (TPSA) is 51.0 Å². The van der Waals surface area contributed by atoms with E-state index in [0.29, 0.717) is 30.0 Å². The van der Waals surface area contributed by atoms with E-state index in [9.17, 15) is 18.0 Å². The van der Waals surface area contributed by atoms with Gasteiger partial charge in [0.15, 0.2) is 0 Å². The smallest absolute Gasteiger partial charge is 0.305 e. The molecule has 1 aromatic carbocycles. The van der Waals surface area contributed by atoms with Crippen LogP contribution in [0.5, 0.6) is 0 Å². The van der Waals surface area contributed by atoms with Gasteiger partial charge >= 0.3 is 6.18 Å². The molecule has 27 heavy (non-hydrogen) atoms. The Kier molecular flexibility index (Phi) is 3.98. The van der Waals surface area contributed by atoms with Crippen molar-refractivity contribution in [3.05, 3.63) is 65.7 Å². The van der Waals surface area contributed by atoms with E-state index in [2.05, 4.69) is 10.1 Å². The van der Waals surface area contributed by atoms with Gasteiger partial charge in [-0.1, -0.05) is 0 Å². The lowest BCUT2D eigenvalue weighted by Crippen LogP contribution is -2.40. The molecule has 0 spiro atoms. The quantitative estimate of drug-likeness (QED) is 0.685. The molecular weight excluding hydrogens is 357 g/mol. The molecule has 1 aliphatic rings. The second kappa shape index (κ2) is 6.22. The Balaban J connectivity index is 1.70. The number of amides is 1. The largest absolute Gasteiger partial charge is 0.416 e. The van der Waals surface area contributed by atoms with Gasteiger partial charge in [-0.3, -0.25) is 14.5 Å². The zero-order valence-corrected chi connectivity index (χ0v) is 14.4. The maximum absolute atomic E-state index is 13.1. The van der Waals surface area contributed by atoms with Crippen LogP contribution in [0, 0.1) is 6.92 Å². The van der Waals surface area contributed by atoms with E-state index in [-0.39, 0.29) is 5.91 Å². The number of carbonyl (C=O) groups is 1. The summed E-state index contributed by atoms with van der Waals surface area (Å²) in [6.07, 6.45) is -1.11. The van der Waals surface area contributed by atoms with Crippen molar-refractivity contribution < 1.29 is 18.0 Å². The van der Waals surface area contributed by atoms with Crippen LogP contribution in [0.1, 0.15) is 21.7 Å². The first-order chi connectivity index (χ1) is 12.8. The number of alkyl halides is 3. The van der Waals surface area contributed by atoms with E-state index in [4.69, 9.17) is 0 Å². The Hall–Kier alpha value is -3.16. The second-order valence-electron chi connectivity index (χ2n) is 6.32. The van der Waals surface area contributed by atoms with Crippen molar-refractivity contribution in [3.8, 4) is 11.1 Å². The van der Waals surface area contributed by atoms with E-state index in [1.165, 1.54) is 17.0 Å². The summed E-state index contributed by atoms with van der Waals surface area (Å²) in [7, 11) is 0. The number of hydrogen-bond acceptors (Lipinski definition) is 3. The van der Waals surface area contributed by atoms with Gasteiger partial charge in [0, 0.05) is 29.7 Å². The van der Waals surface area contributed by atoms with Crippen LogP contribution in [0.2, 0.25) is 0 Å². The van der Waals surface area contributed by atoms with Crippen LogP contribution in [-0.2, 0) is 12.7 Å². The number of hydrogen-bond donors (Lipinski definition) is 0. The first-order valence-corrected chi connectivity index (χ1v) is 8.32. The Labute approximate surface area is 153 Å². The summed E-state index contributed by atoms with van der Waals surface area (Å²) in [5, 5.41) is 4.29. The SMILES string of the molecule is Cc1cc(-c2cnn3c2C(=O)N(c2ccc(C(F)(F)F)cc2)CC3)ccn1. The van der Waals surface area contributed by atoms with Gasteiger partial charge in [-0.25, -0.2) is 0 Å². The Morgan fingerprint density at radius 3 is 2.48 bits per heavy atom. The molecule has 0 N–H and O–H groups in total. The molecule has 0 saturated carbocycles. The lowest BCUT2D eigenvalue weighted by atomic mass is 10.0. The third-order valence-electron chi connectivity index (χ3n) is 4.54. The number of nitrogens with zero attached hydrogens (tertiary/aromatic N) is 4. The molecule has 4 rings (SSSR count). The number of halogens is 3. The van der Waals surface area contributed by atoms with Crippen LogP contribution in [-0.4, -0.2) is 27.2 Å². The highest BCUT2D eigenvalue weighted by atomic mass is 19.4. The van der Waals surface area contributed by atoms with Crippen LogP contribution in [0.3, 0.4) is 0 Å². The van der Waals surface area contributed by atoms with Crippen LogP contribution < -0.4 is 4.90 Å². The van der Waals surface area contributed by atoms with Crippen molar-refractivity contribution in [1.29, 1.82) is 0 Å². The lowest BCUT2D eigenvalue weighted by molar-refractivity contribution is -0.137. The van der Waals surface area contributed by atoms with E-state index >= 15 is 0 Å². The van der Waals surface area contributed by atoms with Gasteiger partial charge < -0.3 is 4.90 Å².